The minimum Gasteiger partial charge on any atom is -0.497 e. The second kappa shape index (κ2) is 5.36. The molecule has 0 radical (unpaired) electrons. The Morgan fingerprint density at radius 1 is 0.952 bits per heavy atom. The largest absolute Gasteiger partial charge is 0.497 e. The first-order valence-corrected chi connectivity index (χ1v) is 6.54. The molecule has 5 heteroatoms. The summed E-state index contributed by atoms with van der Waals surface area (Å²) < 4.78 is 10.7. The lowest BCUT2D eigenvalue weighted by atomic mass is 10.1. The molecule has 0 aliphatic rings. The maximum absolute atomic E-state index is 5.46. The van der Waals surface area contributed by atoms with E-state index in [0.29, 0.717) is 11.5 Å². The van der Waals surface area contributed by atoms with Gasteiger partial charge >= 0.3 is 0 Å². The molecule has 2 aromatic heterocycles. The zero-order valence-corrected chi connectivity index (χ0v) is 12.1. The van der Waals surface area contributed by atoms with Crippen LogP contribution < -0.4 is 9.47 Å². The van der Waals surface area contributed by atoms with E-state index >= 15 is 0 Å². The molecule has 0 aliphatic heterocycles. The number of pyridine rings is 1. The highest BCUT2D eigenvalue weighted by atomic mass is 16.5. The molecule has 3 aromatic rings. The molecule has 0 unspecified atom stereocenters. The molecule has 0 saturated carbocycles. The van der Waals surface area contributed by atoms with Crippen LogP contribution in [-0.2, 0) is 0 Å². The van der Waals surface area contributed by atoms with Gasteiger partial charge in [-0.1, -0.05) is 0 Å². The van der Waals surface area contributed by atoms with Gasteiger partial charge in [-0.15, -0.1) is 0 Å². The smallest absolute Gasteiger partial charge is 0.178 e. The summed E-state index contributed by atoms with van der Waals surface area (Å²) in [5, 5.41) is 0.926. The van der Waals surface area contributed by atoms with Crippen LogP contribution in [0.5, 0.6) is 11.5 Å². The SMILES string of the molecule is COc1ccc2c(OC)cc(-c3nccc(C)n3)nc2c1. The van der Waals surface area contributed by atoms with Crippen LogP contribution in [0.1, 0.15) is 5.69 Å². The molecule has 106 valence electrons. The second-order valence-corrected chi connectivity index (χ2v) is 4.61. The lowest BCUT2D eigenvalue weighted by Gasteiger charge is -2.09. The van der Waals surface area contributed by atoms with Crippen LogP contribution in [0.4, 0.5) is 0 Å². The van der Waals surface area contributed by atoms with E-state index in [9.17, 15) is 0 Å². The lowest BCUT2D eigenvalue weighted by molar-refractivity contribution is 0.414. The van der Waals surface area contributed by atoms with E-state index in [4.69, 9.17) is 9.47 Å². The van der Waals surface area contributed by atoms with Crippen LogP contribution in [-0.4, -0.2) is 29.2 Å². The molecule has 0 atom stereocenters. The summed E-state index contributed by atoms with van der Waals surface area (Å²) in [7, 11) is 3.27. The van der Waals surface area contributed by atoms with Crippen LogP contribution in [0.25, 0.3) is 22.4 Å². The number of nitrogens with zero attached hydrogens (tertiary/aromatic N) is 3. The van der Waals surface area contributed by atoms with Crippen molar-refractivity contribution in [2.45, 2.75) is 6.92 Å². The van der Waals surface area contributed by atoms with Crippen molar-refractivity contribution in [1.29, 1.82) is 0 Å². The van der Waals surface area contributed by atoms with Gasteiger partial charge in [0.05, 0.1) is 19.7 Å². The highest BCUT2D eigenvalue weighted by molar-refractivity contribution is 5.88. The van der Waals surface area contributed by atoms with Crippen LogP contribution >= 0.6 is 0 Å². The summed E-state index contributed by atoms with van der Waals surface area (Å²) in [4.78, 5) is 13.3. The van der Waals surface area contributed by atoms with Gasteiger partial charge in [0.25, 0.3) is 0 Å². The number of rotatable bonds is 3. The molecule has 0 fully saturated rings. The Hall–Kier alpha value is -2.69. The minimum atomic E-state index is 0.581. The van der Waals surface area contributed by atoms with Crippen molar-refractivity contribution in [3.05, 3.63) is 42.2 Å². The summed E-state index contributed by atoms with van der Waals surface area (Å²) >= 11 is 0. The highest BCUT2D eigenvalue weighted by Gasteiger charge is 2.11. The summed E-state index contributed by atoms with van der Waals surface area (Å²) in [6, 6.07) is 9.39. The van der Waals surface area contributed by atoms with Gasteiger partial charge in [0, 0.05) is 29.4 Å². The molecule has 0 saturated heterocycles. The Morgan fingerprint density at radius 2 is 1.81 bits per heavy atom. The molecule has 0 bridgehead atoms. The molecule has 1 aromatic carbocycles. The summed E-state index contributed by atoms with van der Waals surface area (Å²) in [6.07, 6.45) is 1.72. The van der Waals surface area contributed by atoms with Gasteiger partial charge in [-0.3, -0.25) is 0 Å². The third-order valence-electron chi connectivity index (χ3n) is 3.22. The Labute approximate surface area is 122 Å². The molecule has 0 amide bonds. The fourth-order valence-corrected chi connectivity index (χ4v) is 2.16. The number of hydrogen-bond acceptors (Lipinski definition) is 5. The number of aromatic nitrogens is 3. The predicted molar refractivity (Wildman–Crippen MR) is 80.6 cm³/mol. The molecule has 3 rings (SSSR count). The van der Waals surface area contributed by atoms with E-state index in [1.807, 2.05) is 37.3 Å². The van der Waals surface area contributed by atoms with Gasteiger partial charge in [0.2, 0.25) is 0 Å². The lowest BCUT2D eigenvalue weighted by Crippen LogP contribution is -1.96. The van der Waals surface area contributed by atoms with Crippen molar-refractivity contribution < 1.29 is 9.47 Å². The predicted octanol–water partition coefficient (Wildman–Crippen LogP) is 3.02. The van der Waals surface area contributed by atoms with Gasteiger partial charge in [-0.2, -0.15) is 0 Å². The van der Waals surface area contributed by atoms with Gasteiger partial charge in [-0.25, -0.2) is 15.0 Å². The van der Waals surface area contributed by atoms with Crippen molar-refractivity contribution >= 4 is 10.9 Å². The average molecular weight is 281 g/mol. The summed E-state index contributed by atoms with van der Waals surface area (Å²) in [5.74, 6) is 2.07. The first kappa shape index (κ1) is 13.3. The fraction of sp³-hybridized carbons (Fsp3) is 0.188. The Kier molecular flexibility index (Phi) is 3.39. The average Bonchev–Trinajstić information content (AvgIpc) is 2.53. The number of methoxy groups -OCH3 is 2. The highest BCUT2D eigenvalue weighted by Crippen LogP contribution is 2.30. The summed E-state index contributed by atoms with van der Waals surface area (Å²) in [6.45, 7) is 1.92. The van der Waals surface area contributed by atoms with Gasteiger partial charge in [-0.05, 0) is 25.1 Å². The van der Waals surface area contributed by atoms with Crippen LogP contribution in [0.2, 0.25) is 0 Å². The minimum absolute atomic E-state index is 0.581. The Bertz CT molecular complexity index is 803. The van der Waals surface area contributed by atoms with Crippen molar-refractivity contribution in [3.63, 3.8) is 0 Å². The standard InChI is InChI=1S/C16H15N3O2/c1-10-6-7-17-16(18-10)14-9-15(21-3)12-5-4-11(20-2)8-13(12)19-14/h4-9H,1-3H3. The van der Waals surface area contributed by atoms with Gasteiger partial charge in [0.15, 0.2) is 5.82 Å². The molecule has 0 spiro atoms. The van der Waals surface area contributed by atoms with Gasteiger partial charge < -0.3 is 9.47 Å². The Balaban J connectivity index is 2.24. The third-order valence-corrected chi connectivity index (χ3v) is 3.22. The van der Waals surface area contributed by atoms with E-state index < -0.39 is 0 Å². The van der Waals surface area contributed by atoms with E-state index in [0.717, 1.165) is 28.1 Å². The van der Waals surface area contributed by atoms with Crippen LogP contribution in [0.3, 0.4) is 0 Å². The van der Waals surface area contributed by atoms with Crippen molar-refractivity contribution in [2.75, 3.05) is 14.2 Å². The third kappa shape index (κ3) is 2.50. The number of fused-ring (bicyclic) bond motifs is 1. The van der Waals surface area contributed by atoms with Crippen molar-refractivity contribution in [3.8, 4) is 23.0 Å². The number of hydrogen-bond donors (Lipinski definition) is 0. The van der Waals surface area contributed by atoms with Crippen molar-refractivity contribution in [2.24, 2.45) is 0 Å². The molecule has 0 aliphatic carbocycles. The molecule has 21 heavy (non-hydrogen) atoms. The van der Waals surface area contributed by atoms with Crippen LogP contribution in [0, 0.1) is 6.92 Å². The topological polar surface area (TPSA) is 57.1 Å². The van der Waals surface area contributed by atoms with E-state index in [2.05, 4.69) is 15.0 Å². The number of benzene rings is 1. The molecule has 0 N–H and O–H groups in total. The Morgan fingerprint density at radius 3 is 2.52 bits per heavy atom. The van der Waals surface area contributed by atoms with E-state index in [1.165, 1.54) is 0 Å². The number of aryl methyl sites for hydroxylation is 1. The maximum atomic E-state index is 5.46. The molecule has 5 nitrogen and oxygen atoms in total. The number of ether oxygens (including phenoxy) is 2. The van der Waals surface area contributed by atoms with E-state index in [1.54, 1.807) is 20.4 Å². The zero-order chi connectivity index (χ0) is 14.8. The van der Waals surface area contributed by atoms with E-state index in [-0.39, 0.29) is 0 Å². The normalized spacial score (nSPS) is 10.6. The zero-order valence-electron chi connectivity index (χ0n) is 12.1. The first-order valence-electron chi connectivity index (χ1n) is 6.54. The first-order chi connectivity index (χ1) is 10.2. The second-order valence-electron chi connectivity index (χ2n) is 4.61. The van der Waals surface area contributed by atoms with Crippen LogP contribution in [0.15, 0.2) is 36.5 Å². The van der Waals surface area contributed by atoms with Gasteiger partial charge in [0.1, 0.15) is 17.2 Å². The quantitative estimate of drug-likeness (QED) is 0.738. The maximum Gasteiger partial charge on any atom is 0.178 e. The molecular formula is C16H15N3O2. The van der Waals surface area contributed by atoms with Crippen molar-refractivity contribution in [1.82, 2.24) is 15.0 Å². The molecular weight excluding hydrogens is 266 g/mol. The molecule has 2 heterocycles. The monoisotopic (exact) mass is 281 g/mol. The fourth-order valence-electron chi connectivity index (χ4n) is 2.16. The summed E-state index contributed by atoms with van der Waals surface area (Å²) in [5.41, 5.74) is 2.36.